The monoisotopic (exact) mass is 228 g/mol. The van der Waals surface area contributed by atoms with Crippen LogP contribution in [0.1, 0.15) is 25.0 Å². The van der Waals surface area contributed by atoms with Gasteiger partial charge in [0, 0.05) is 0 Å². The summed E-state index contributed by atoms with van der Waals surface area (Å²) in [7, 11) is -3.68. The summed E-state index contributed by atoms with van der Waals surface area (Å²) in [6.07, 6.45) is 1.66. The maximum atomic E-state index is 10.9. The lowest BCUT2D eigenvalue weighted by molar-refractivity contribution is 0.603. The number of rotatable bonds is 4. The molecule has 1 aromatic carbocycles. The van der Waals surface area contributed by atoms with Crippen LogP contribution in [0.3, 0.4) is 0 Å². The van der Waals surface area contributed by atoms with E-state index in [2.05, 4.69) is 4.72 Å². The third-order valence-electron chi connectivity index (χ3n) is 2.26. The first-order valence-corrected chi connectivity index (χ1v) is 6.43. The molecule has 0 fully saturated rings. The molecule has 1 aromatic rings. The predicted molar refractivity (Wildman–Crippen MR) is 61.9 cm³/mol. The van der Waals surface area contributed by atoms with Crippen molar-refractivity contribution in [1.82, 2.24) is 0 Å². The van der Waals surface area contributed by atoms with E-state index in [1.807, 2.05) is 26.0 Å². The van der Waals surface area contributed by atoms with Gasteiger partial charge in [-0.1, -0.05) is 26.0 Å². The Labute approximate surface area is 90.7 Å². The zero-order valence-corrected chi connectivity index (χ0v) is 9.76. The van der Waals surface area contributed by atoms with Gasteiger partial charge in [-0.2, -0.15) is 8.42 Å². The van der Waals surface area contributed by atoms with Crippen LogP contribution in [-0.2, 0) is 23.1 Å². The Balaban J connectivity index is 3.18. The fourth-order valence-electron chi connectivity index (χ4n) is 1.63. The van der Waals surface area contributed by atoms with E-state index in [1.165, 1.54) is 0 Å². The SMILES string of the molecule is CCc1cccc(NS(N)(=O)=O)c1CC. The predicted octanol–water partition coefficient (Wildman–Crippen LogP) is 1.43. The number of benzene rings is 1. The molecule has 1 rings (SSSR count). The summed E-state index contributed by atoms with van der Waals surface area (Å²) in [5.41, 5.74) is 2.74. The van der Waals surface area contributed by atoms with Gasteiger partial charge < -0.3 is 0 Å². The molecule has 0 aliphatic heterocycles. The fourth-order valence-corrected chi connectivity index (χ4v) is 2.13. The minimum absolute atomic E-state index is 0.583. The molecular weight excluding hydrogens is 212 g/mol. The third kappa shape index (κ3) is 3.21. The Morgan fingerprint density at radius 1 is 1.27 bits per heavy atom. The van der Waals surface area contributed by atoms with Crippen molar-refractivity contribution >= 4 is 15.9 Å². The van der Waals surface area contributed by atoms with Crippen LogP contribution in [0, 0.1) is 0 Å². The fraction of sp³-hybridized carbons (Fsp3) is 0.400. The van der Waals surface area contributed by atoms with Crippen LogP contribution in [-0.4, -0.2) is 8.42 Å². The van der Waals surface area contributed by atoms with Crippen LogP contribution in [0.4, 0.5) is 5.69 Å². The highest BCUT2D eigenvalue weighted by atomic mass is 32.2. The van der Waals surface area contributed by atoms with Gasteiger partial charge in [-0.25, -0.2) is 5.14 Å². The molecule has 0 aliphatic carbocycles. The lowest BCUT2D eigenvalue weighted by Crippen LogP contribution is -2.22. The molecule has 0 bridgehead atoms. The normalized spacial score (nSPS) is 11.4. The van der Waals surface area contributed by atoms with Crippen molar-refractivity contribution in [2.24, 2.45) is 5.14 Å². The molecule has 0 amide bonds. The summed E-state index contributed by atoms with van der Waals surface area (Å²) in [4.78, 5) is 0. The first-order valence-electron chi connectivity index (χ1n) is 4.89. The summed E-state index contributed by atoms with van der Waals surface area (Å²) in [6, 6.07) is 5.54. The van der Waals surface area contributed by atoms with E-state index in [0.717, 1.165) is 24.0 Å². The summed E-state index contributed by atoms with van der Waals surface area (Å²) < 4.78 is 24.2. The second-order valence-corrected chi connectivity index (χ2v) is 4.59. The van der Waals surface area contributed by atoms with Gasteiger partial charge in [0.05, 0.1) is 5.69 Å². The second-order valence-electron chi connectivity index (χ2n) is 3.30. The smallest absolute Gasteiger partial charge is 0.271 e. The molecule has 4 nitrogen and oxygen atoms in total. The van der Waals surface area contributed by atoms with Gasteiger partial charge in [0.1, 0.15) is 0 Å². The molecule has 0 aliphatic rings. The summed E-state index contributed by atoms with van der Waals surface area (Å²) >= 11 is 0. The highest BCUT2D eigenvalue weighted by Gasteiger charge is 2.09. The highest BCUT2D eigenvalue weighted by Crippen LogP contribution is 2.21. The molecule has 3 N–H and O–H groups in total. The molecule has 15 heavy (non-hydrogen) atoms. The Hall–Kier alpha value is -1.07. The molecule has 0 radical (unpaired) electrons. The van der Waals surface area contributed by atoms with Crippen molar-refractivity contribution in [3.05, 3.63) is 29.3 Å². The van der Waals surface area contributed by atoms with Crippen LogP contribution in [0.15, 0.2) is 18.2 Å². The Morgan fingerprint density at radius 2 is 1.93 bits per heavy atom. The van der Waals surface area contributed by atoms with E-state index in [4.69, 9.17) is 5.14 Å². The van der Waals surface area contributed by atoms with Crippen molar-refractivity contribution in [3.63, 3.8) is 0 Å². The van der Waals surface area contributed by atoms with Crippen LogP contribution >= 0.6 is 0 Å². The number of aryl methyl sites for hydroxylation is 1. The lowest BCUT2D eigenvalue weighted by atomic mass is 10.0. The van der Waals surface area contributed by atoms with E-state index in [-0.39, 0.29) is 0 Å². The van der Waals surface area contributed by atoms with Crippen molar-refractivity contribution in [1.29, 1.82) is 0 Å². The van der Waals surface area contributed by atoms with E-state index in [1.54, 1.807) is 6.07 Å². The number of hydrogen-bond acceptors (Lipinski definition) is 2. The van der Waals surface area contributed by atoms with Gasteiger partial charge in [-0.05, 0) is 30.0 Å². The zero-order chi connectivity index (χ0) is 11.5. The molecule has 0 unspecified atom stereocenters. The van der Waals surface area contributed by atoms with Gasteiger partial charge in [-0.3, -0.25) is 4.72 Å². The summed E-state index contributed by atoms with van der Waals surface area (Å²) in [5.74, 6) is 0. The molecule has 84 valence electrons. The molecule has 0 aromatic heterocycles. The summed E-state index contributed by atoms with van der Waals surface area (Å²) in [6.45, 7) is 4.03. The van der Waals surface area contributed by atoms with Gasteiger partial charge in [-0.15, -0.1) is 0 Å². The largest absolute Gasteiger partial charge is 0.296 e. The minimum Gasteiger partial charge on any atom is -0.271 e. The molecule has 0 heterocycles. The van der Waals surface area contributed by atoms with Crippen molar-refractivity contribution < 1.29 is 8.42 Å². The quantitative estimate of drug-likeness (QED) is 0.818. The van der Waals surface area contributed by atoms with Crippen LogP contribution in [0.25, 0.3) is 0 Å². The van der Waals surface area contributed by atoms with Crippen LogP contribution in [0.2, 0.25) is 0 Å². The van der Waals surface area contributed by atoms with E-state index >= 15 is 0 Å². The first-order chi connectivity index (χ1) is 6.98. The summed E-state index contributed by atoms with van der Waals surface area (Å²) in [5, 5.41) is 4.94. The first kappa shape index (κ1) is 12.0. The van der Waals surface area contributed by atoms with Gasteiger partial charge in [0.2, 0.25) is 0 Å². The Kier molecular flexibility index (Phi) is 3.71. The van der Waals surface area contributed by atoms with Gasteiger partial charge in [0.15, 0.2) is 0 Å². The molecule has 0 saturated carbocycles. The maximum Gasteiger partial charge on any atom is 0.296 e. The van der Waals surface area contributed by atoms with Gasteiger partial charge >= 0.3 is 0 Å². The molecule has 0 spiro atoms. The second kappa shape index (κ2) is 4.63. The molecule has 0 atom stereocenters. The van der Waals surface area contributed by atoms with E-state index < -0.39 is 10.2 Å². The van der Waals surface area contributed by atoms with Crippen molar-refractivity contribution in [3.8, 4) is 0 Å². The van der Waals surface area contributed by atoms with Crippen LogP contribution < -0.4 is 9.86 Å². The van der Waals surface area contributed by atoms with E-state index in [9.17, 15) is 8.42 Å². The lowest BCUT2D eigenvalue weighted by Gasteiger charge is -2.12. The minimum atomic E-state index is -3.68. The number of nitrogens with one attached hydrogen (secondary N) is 1. The molecular formula is C10H16N2O2S. The van der Waals surface area contributed by atoms with E-state index in [0.29, 0.717) is 5.69 Å². The molecule has 0 saturated heterocycles. The number of anilines is 1. The Morgan fingerprint density at radius 3 is 2.40 bits per heavy atom. The molecule has 5 heteroatoms. The average molecular weight is 228 g/mol. The maximum absolute atomic E-state index is 10.9. The standard InChI is InChI=1S/C10H16N2O2S/c1-3-8-6-5-7-10(9(8)4-2)12-15(11,13)14/h5-7,12H,3-4H2,1-2H3,(H2,11,13,14). The number of hydrogen-bond donors (Lipinski definition) is 2. The van der Waals surface area contributed by atoms with Crippen LogP contribution in [0.5, 0.6) is 0 Å². The average Bonchev–Trinajstić information content (AvgIpc) is 2.15. The zero-order valence-electron chi connectivity index (χ0n) is 8.95. The van der Waals surface area contributed by atoms with Crippen molar-refractivity contribution in [2.75, 3.05) is 4.72 Å². The Bertz CT molecular complexity index is 441. The third-order valence-corrected chi connectivity index (χ3v) is 2.76. The topological polar surface area (TPSA) is 72.2 Å². The van der Waals surface area contributed by atoms with Crippen molar-refractivity contribution in [2.45, 2.75) is 26.7 Å². The van der Waals surface area contributed by atoms with Gasteiger partial charge in [0.25, 0.3) is 10.2 Å². The number of nitrogens with two attached hydrogens (primary N) is 1. The highest BCUT2D eigenvalue weighted by molar-refractivity contribution is 7.90.